The van der Waals surface area contributed by atoms with Crippen LogP contribution >= 0.6 is 11.3 Å². The molecule has 2 rings (SSSR count). The first-order valence-corrected chi connectivity index (χ1v) is 6.56. The fourth-order valence-electron chi connectivity index (χ4n) is 1.41. The molecule has 1 aromatic carbocycles. The van der Waals surface area contributed by atoms with Gasteiger partial charge in [0.2, 0.25) is 0 Å². The van der Waals surface area contributed by atoms with E-state index in [9.17, 15) is 4.79 Å². The molecule has 1 heterocycles. The van der Waals surface area contributed by atoms with Gasteiger partial charge >= 0.3 is 5.97 Å². The lowest BCUT2D eigenvalue weighted by Gasteiger charge is -2.03. The maximum atomic E-state index is 11.2. The van der Waals surface area contributed by atoms with Crippen molar-refractivity contribution >= 4 is 23.0 Å². The Kier molecular flexibility index (Phi) is 4.25. The van der Waals surface area contributed by atoms with E-state index in [1.54, 1.807) is 18.3 Å². The SMILES string of the molecule is CCC(=O)ON=C(c1ccccc1)c1cccs1. The zero-order chi connectivity index (χ0) is 12.8. The molecular formula is C14H13NO2S. The maximum Gasteiger partial charge on any atom is 0.334 e. The molecule has 0 saturated heterocycles. The van der Waals surface area contributed by atoms with E-state index in [2.05, 4.69) is 5.16 Å². The van der Waals surface area contributed by atoms with Crippen molar-refractivity contribution in [2.24, 2.45) is 5.16 Å². The Hall–Kier alpha value is -1.94. The molecule has 0 N–H and O–H groups in total. The average molecular weight is 259 g/mol. The largest absolute Gasteiger partial charge is 0.334 e. The van der Waals surface area contributed by atoms with E-state index in [0.717, 1.165) is 10.4 Å². The molecule has 0 aliphatic rings. The summed E-state index contributed by atoms with van der Waals surface area (Å²) in [5, 5.41) is 5.95. The van der Waals surface area contributed by atoms with Gasteiger partial charge in [-0.15, -0.1) is 11.3 Å². The van der Waals surface area contributed by atoms with Gasteiger partial charge in [-0.3, -0.25) is 0 Å². The molecule has 18 heavy (non-hydrogen) atoms. The van der Waals surface area contributed by atoms with Crippen LogP contribution < -0.4 is 0 Å². The zero-order valence-corrected chi connectivity index (χ0v) is 10.8. The van der Waals surface area contributed by atoms with Crippen molar-refractivity contribution in [3.63, 3.8) is 0 Å². The van der Waals surface area contributed by atoms with Gasteiger partial charge in [0.15, 0.2) is 0 Å². The molecule has 4 heteroatoms. The lowest BCUT2D eigenvalue weighted by molar-refractivity contribution is -0.143. The minimum atomic E-state index is -0.333. The van der Waals surface area contributed by atoms with Crippen molar-refractivity contribution < 1.29 is 9.63 Å². The van der Waals surface area contributed by atoms with Crippen LogP contribution in [0.4, 0.5) is 0 Å². The van der Waals surface area contributed by atoms with Crippen LogP contribution in [0.15, 0.2) is 53.0 Å². The van der Waals surface area contributed by atoms with Gasteiger partial charge in [0.25, 0.3) is 0 Å². The van der Waals surface area contributed by atoms with Crippen LogP contribution in [-0.2, 0) is 9.63 Å². The molecule has 0 unspecified atom stereocenters. The summed E-state index contributed by atoms with van der Waals surface area (Å²) in [4.78, 5) is 17.1. The van der Waals surface area contributed by atoms with E-state index >= 15 is 0 Å². The summed E-state index contributed by atoms with van der Waals surface area (Å²) in [6.07, 6.45) is 0.315. The quantitative estimate of drug-likeness (QED) is 0.479. The molecule has 0 fully saturated rings. The smallest absolute Gasteiger partial charge is 0.318 e. The lowest BCUT2D eigenvalue weighted by atomic mass is 10.1. The van der Waals surface area contributed by atoms with Gasteiger partial charge in [0.1, 0.15) is 5.71 Å². The molecule has 92 valence electrons. The van der Waals surface area contributed by atoms with Gasteiger partial charge in [-0.25, -0.2) is 4.79 Å². The first kappa shape index (κ1) is 12.5. The van der Waals surface area contributed by atoms with Crippen molar-refractivity contribution in [1.82, 2.24) is 0 Å². The van der Waals surface area contributed by atoms with Crippen LogP contribution in [0, 0.1) is 0 Å². The standard InChI is InChI=1S/C14H13NO2S/c1-2-13(16)17-15-14(12-9-6-10-18-12)11-7-4-3-5-8-11/h3-10H,2H2,1H3. The van der Waals surface area contributed by atoms with Crippen LogP contribution in [0.3, 0.4) is 0 Å². The highest BCUT2D eigenvalue weighted by molar-refractivity contribution is 7.12. The second-order valence-electron chi connectivity index (χ2n) is 3.60. The molecule has 0 aliphatic carbocycles. The number of hydrogen-bond donors (Lipinski definition) is 0. The van der Waals surface area contributed by atoms with E-state index in [1.165, 1.54) is 0 Å². The van der Waals surface area contributed by atoms with Gasteiger partial charge in [0, 0.05) is 12.0 Å². The predicted molar refractivity (Wildman–Crippen MR) is 72.8 cm³/mol. The summed E-state index contributed by atoms with van der Waals surface area (Å²) in [7, 11) is 0. The van der Waals surface area contributed by atoms with Crippen molar-refractivity contribution in [3.05, 3.63) is 58.3 Å². The van der Waals surface area contributed by atoms with E-state index < -0.39 is 0 Å². The molecule has 3 nitrogen and oxygen atoms in total. The summed E-state index contributed by atoms with van der Waals surface area (Å²) in [6, 6.07) is 13.6. The van der Waals surface area contributed by atoms with Crippen LogP contribution in [-0.4, -0.2) is 11.7 Å². The zero-order valence-electron chi connectivity index (χ0n) is 10.00. The summed E-state index contributed by atoms with van der Waals surface area (Å²) in [6.45, 7) is 1.74. The second kappa shape index (κ2) is 6.12. The van der Waals surface area contributed by atoms with Crippen molar-refractivity contribution in [1.29, 1.82) is 0 Å². The molecular weight excluding hydrogens is 246 g/mol. The van der Waals surface area contributed by atoms with E-state index in [1.807, 2.05) is 47.8 Å². The third-order valence-electron chi connectivity index (χ3n) is 2.33. The number of nitrogens with zero attached hydrogens (tertiary/aromatic N) is 1. The van der Waals surface area contributed by atoms with Gasteiger partial charge in [-0.1, -0.05) is 48.5 Å². The maximum absolute atomic E-state index is 11.2. The number of benzene rings is 1. The minimum absolute atomic E-state index is 0.315. The number of carbonyl (C=O) groups excluding carboxylic acids is 1. The molecule has 0 atom stereocenters. The highest BCUT2D eigenvalue weighted by Crippen LogP contribution is 2.16. The number of hydrogen-bond acceptors (Lipinski definition) is 4. The van der Waals surface area contributed by atoms with Gasteiger partial charge < -0.3 is 4.84 Å². The third kappa shape index (κ3) is 3.05. The highest BCUT2D eigenvalue weighted by Gasteiger charge is 2.09. The first-order valence-electron chi connectivity index (χ1n) is 5.68. The van der Waals surface area contributed by atoms with Crippen LogP contribution in [0.1, 0.15) is 23.8 Å². The molecule has 0 aliphatic heterocycles. The topological polar surface area (TPSA) is 38.7 Å². The predicted octanol–water partition coefficient (Wildman–Crippen LogP) is 3.45. The van der Waals surface area contributed by atoms with E-state index in [4.69, 9.17) is 4.84 Å². The fraction of sp³-hybridized carbons (Fsp3) is 0.143. The van der Waals surface area contributed by atoms with E-state index in [-0.39, 0.29) is 5.97 Å². The first-order chi connectivity index (χ1) is 8.81. The molecule has 0 radical (unpaired) electrons. The molecule has 2 aromatic rings. The average Bonchev–Trinajstić information content (AvgIpc) is 2.94. The van der Waals surface area contributed by atoms with Crippen molar-refractivity contribution in [2.45, 2.75) is 13.3 Å². The lowest BCUT2D eigenvalue weighted by Crippen LogP contribution is -2.05. The summed E-state index contributed by atoms with van der Waals surface area (Å²) in [5.41, 5.74) is 1.62. The molecule has 0 spiro atoms. The molecule has 1 aromatic heterocycles. The number of thiophene rings is 1. The Morgan fingerprint density at radius 2 is 2.00 bits per heavy atom. The minimum Gasteiger partial charge on any atom is -0.318 e. The van der Waals surface area contributed by atoms with Crippen molar-refractivity contribution in [2.75, 3.05) is 0 Å². The second-order valence-corrected chi connectivity index (χ2v) is 4.55. The Morgan fingerprint density at radius 1 is 1.22 bits per heavy atom. The van der Waals surface area contributed by atoms with Gasteiger partial charge in [-0.2, -0.15) is 0 Å². The Balaban J connectivity index is 2.33. The van der Waals surface area contributed by atoms with Gasteiger partial charge in [0.05, 0.1) is 4.88 Å². The third-order valence-corrected chi connectivity index (χ3v) is 3.21. The van der Waals surface area contributed by atoms with Gasteiger partial charge in [-0.05, 0) is 11.4 Å². The number of rotatable bonds is 4. The fourth-order valence-corrected chi connectivity index (χ4v) is 2.14. The summed E-state index contributed by atoms with van der Waals surface area (Å²) in [5.74, 6) is -0.333. The molecule has 0 bridgehead atoms. The summed E-state index contributed by atoms with van der Waals surface area (Å²) < 4.78 is 0. The monoisotopic (exact) mass is 259 g/mol. The molecule has 0 amide bonds. The summed E-state index contributed by atoms with van der Waals surface area (Å²) >= 11 is 1.56. The van der Waals surface area contributed by atoms with E-state index in [0.29, 0.717) is 12.1 Å². The Bertz CT molecular complexity index is 532. The van der Waals surface area contributed by atoms with Crippen LogP contribution in [0.2, 0.25) is 0 Å². The number of oxime groups is 1. The van der Waals surface area contributed by atoms with Crippen molar-refractivity contribution in [3.8, 4) is 0 Å². The van der Waals surface area contributed by atoms with Crippen LogP contribution in [0.5, 0.6) is 0 Å². The Labute approximate surface area is 110 Å². The molecule has 0 saturated carbocycles. The normalized spacial score (nSPS) is 11.3. The Morgan fingerprint density at radius 3 is 2.61 bits per heavy atom. The number of carbonyl (C=O) groups is 1. The highest BCUT2D eigenvalue weighted by atomic mass is 32.1. The van der Waals surface area contributed by atoms with Crippen LogP contribution in [0.25, 0.3) is 0 Å².